The average molecular weight is 440 g/mol. The molecule has 0 amide bonds. The molecule has 0 unspecified atom stereocenters. The molecule has 0 fully saturated rings. The van der Waals surface area contributed by atoms with Gasteiger partial charge >= 0.3 is 0 Å². The summed E-state index contributed by atoms with van der Waals surface area (Å²) in [5.41, 5.74) is -0.447. The summed E-state index contributed by atoms with van der Waals surface area (Å²) in [6, 6.07) is 8.95. The minimum absolute atomic E-state index is 0.0872. The zero-order valence-electron chi connectivity index (χ0n) is 14.2. The van der Waals surface area contributed by atoms with Crippen molar-refractivity contribution < 1.29 is 36.0 Å². The zero-order chi connectivity index (χ0) is 21.6. The highest BCUT2D eigenvalue weighted by Crippen LogP contribution is 2.34. The fraction of sp³-hybridized carbons (Fsp3) is 0. The summed E-state index contributed by atoms with van der Waals surface area (Å²) in [5.74, 6) is -0.449. The average Bonchev–Trinajstić information content (AvgIpc) is 2.60. The lowest BCUT2D eigenvalue weighted by Gasteiger charge is -2.10. The van der Waals surface area contributed by atoms with Gasteiger partial charge in [-0.25, -0.2) is 0 Å². The van der Waals surface area contributed by atoms with Crippen molar-refractivity contribution in [3.8, 4) is 5.75 Å². The van der Waals surface area contributed by atoms with Gasteiger partial charge in [0.25, 0.3) is 25.9 Å². The molecule has 13 heteroatoms. The van der Waals surface area contributed by atoms with Crippen LogP contribution in [0.25, 0.3) is 10.8 Å². The molecule has 3 rings (SSSR count). The van der Waals surface area contributed by atoms with Crippen molar-refractivity contribution in [2.45, 2.75) is 9.79 Å². The largest absolute Gasteiger partial charge is 0.507 e. The maximum atomic E-state index is 11.3. The first-order valence-corrected chi connectivity index (χ1v) is 10.5. The summed E-state index contributed by atoms with van der Waals surface area (Å²) in [6.07, 6.45) is 0. The number of phenols is 1. The summed E-state index contributed by atoms with van der Waals surface area (Å²) in [6.45, 7) is 0. The van der Waals surface area contributed by atoms with Crippen molar-refractivity contribution in [2.24, 2.45) is 0 Å². The lowest BCUT2D eigenvalue weighted by Crippen LogP contribution is -2.02. The van der Waals surface area contributed by atoms with Gasteiger partial charge in [0.05, 0.1) is 9.82 Å². The number of phenolic OH excluding ortho intramolecular Hbond substituents is 1. The Morgan fingerprint density at radius 1 is 0.862 bits per heavy atom. The number of anilines is 2. The quantitative estimate of drug-likeness (QED) is 0.261. The van der Waals surface area contributed by atoms with Crippen LogP contribution < -0.4 is 5.32 Å². The van der Waals surface area contributed by atoms with Gasteiger partial charge in [0.2, 0.25) is 0 Å². The van der Waals surface area contributed by atoms with Gasteiger partial charge < -0.3 is 10.4 Å². The maximum Gasteiger partial charge on any atom is 0.294 e. The first-order valence-electron chi connectivity index (χ1n) is 7.63. The summed E-state index contributed by atoms with van der Waals surface area (Å²) < 4.78 is 63.0. The third-order valence-electron chi connectivity index (χ3n) is 3.95. The van der Waals surface area contributed by atoms with Gasteiger partial charge in [-0.3, -0.25) is 19.2 Å². The standard InChI is InChI=1S/C16H12N2O9S2/c19-16-8-12(29(25,26)27)5-9-1-2-10(6-13(9)16)17-14-4-3-11(28(22,23)24)7-15(14)18(20)21/h1-8,17,19H,(H,22,23,24)(H,25,26,27). The molecule has 0 heterocycles. The van der Waals surface area contributed by atoms with Crippen LogP contribution in [0.2, 0.25) is 0 Å². The Bertz CT molecular complexity index is 1370. The van der Waals surface area contributed by atoms with E-state index in [1.54, 1.807) is 0 Å². The van der Waals surface area contributed by atoms with Gasteiger partial charge in [0, 0.05) is 23.2 Å². The molecular formula is C16H12N2O9S2. The molecular weight excluding hydrogens is 428 g/mol. The molecule has 0 saturated carbocycles. The van der Waals surface area contributed by atoms with Gasteiger partial charge in [-0.1, -0.05) is 6.07 Å². The fourth-order valence-corrected chi connectivity index (χ4v) is 3.66. The third-order valence-corrected chi connectivity index (χ3v) is 5.63. The van der Waals surface area contributed by atoms with Gasteiger partial charge in [0.1, 0.15) is 16.3 Å². The van der Waals surface area contributed by atoms with Crippen LogP contribution >= 0.6 is 0 Å². The Kier molecular flexibility index (Phi) is 4.92. The minimum atomic E-state index is -4.63. The molecule has 29 heavy (non-hydrogen) atoms. The van der Waals surface area contributed by atoms with E-state index >= 15 is 0 Å². The molecule has 0 aliphatic heterocycles. The van der Waals surface area contributed by atoms with E-state index in [1.807, 2.05) is 0 Å². The molecule has 0 bridgehead atoms. The molecule has 11 nitrogen and oxygen atoms in total. The van der Waals surface area contributed by atoms with E-state index in [4.69, 9.17) is 9.11 Å². The Labute approximate surface area is 163 Å². The van der Waals surface area contributed by atoms with Crippen LogP contribution in [0.1, 0.15) is 0 Å². The highest BCUT2D eigenvalue weighted by atomic mass is 32.2. The van der Waals surface area contributed by atoms with E-state index in [9.17, 15) is 32.1 Å². The van der Waals surface area contributed by atoms with Crippen LogP contribution in [0.5, 0.6) is 5.75 Å². The monoisotopic (exact) mass is 440 g/mol. The molecule has 3 aromatic carbocycles. The normalized spacial score (nSPS) is 12.1. The number of nitro benzene ring substituents is 1. The number of nitrogens with zero attached hydrogens (tertiary/aromatic N) is 1. The summed E-state index contributed by atoms with van der Waals surface area (Å²) in [4.78, 5) is 9.27. The van der Waals surface area contributed by atoms with Gasteiger partial charge in [-0.05, 0) is 35.7 Å². The highest BCUT2D eigenvalue weighted by molar-refractivity contribution is 7.86. The molecule has 0 saturated heterocycles. The molecule has 0 atom stereocenters. The Hall–Kier alpha value is -3.26. The predicted octanol–water partition coefficient (Wildman–Crippen LogP) is 2.69. The summed E-state index contributed by atoms with van der Waals surface area (Å²) >= 11 is 0. The second-order valence-corrected chi connectivity index (χ2v) is 8.73. The second-order valence-electron chi connectivity index (χ2n) is 5.89. The molecule has 0 aliphatic rings. The van der Waals surface area contributed by atoms with Crippen molar-refractivity contribution in [3.05, 3.63) is 58.6 Å². The number of nitro groups is 1. The Morgan fingerprint density at radius 2 is 1.52 bits per heavy atom. The summed E-state index contributed by atoms with van der Waals surface area (Å²) in [5, 5.41) is 24.5. The Balaban J connectivity index is 2.07. The van der Waals surface area contributed by atoms with Crippen LogP contribution in [0.4, 0.5) is 17.1 Å². The number of aromatic hydroxyl groups is 1. The summed E-state index contributed by atoms with van der Waals surface area (Å²) in [7, 11) is -9.16. The molecule has 0 aromatic heterocycles. The Morgan fingerprint density at radius 3 is 2.10 bits per heavy atom. The van der Waals surface area contributed by atoms with Crippen LogP contribution in [0.3, 0.4) is 0 Å². The van der Waals surface area contributed by atoms with Crippen LogP contribution in [0, 0.1) is 10.1 Å². The molecule has 0 aliphatic carbocycles. The lowest BCUT2D eigenvalue weighted by molar-refractivity contribution is -0.384. The molecule has 0 spiro atoms. The van der Waals surface area contributed by atoms with E-state index in [0.29, 0.717) is 6.07 Å². The van der Waals surface area contributed by atoms with Crippen molar-refractivity contribution in [2.75, 3.05) is 5.32 Å². The van der Waals surface area contributed by atoms with Crippen LogP contribution in [-0.2, 0) is 20.2 Å². The van der Waals surface area contributed by atoms with Crippen molar-refractivity contribution >= 4 is 48.1 Å². The van der Waals surface area contributed by atoms with Gasteiger partial charge in [-0.15, -0.1) is 0 Å². The molecule has 4 N–H and O–H groups in total. The van der Waals surface area contributed by atoms with E-state index < -0.39 is 46.4 Å². The second kappa shape index (κ2) is 6.97. The van der Waals surface area contributed by atoms with Crippen LogP contribution in [-0.4, -0.2) is 36.0 Å². The number of hydrogen-bond donors (Lipinski definition) is 4. The maximum absolute atomic E-state index is 11.3. The zero-order valence-corrected chi connectivity index (χ0v) is 15.8. The smallest absolute Gasteiger partial charge is 0.294 e. The van der Waals surface area contributed by atoms with E-state index in [-0.39, 0.29) is 22.1 Å². The molecule has 152 valence electrons. The SMILES string of the molecule is O=[N+]([O-])c1cc(S(=O)(=O)O)ccc1Nc1ccc2cc(S(=O)(=O)O)cc(O)c2c1. The van der Waals surface area contributed by atoms with Gasteiger partial charge in [-0.2, -0.15) is 16.8 Å². The number of hydrogen-bond acceptors (Lipinski definition) is 8. The first kappa shape index (κ1) is 20.5. The minimum Gasteiger partial charge on any atom is -0.507 e. The number of rotatable bonds is 5. The predicted molar refractivity (Wildman–Crippen MR) is 102 cm³/mol. The van der Waals surface area contributed by atoms with Crippen molar-refractivity contribution in [1.29, 1.82) is 0 Å². The topological polar surface area (TPSA) is 184 Å². The first-order chi connectivity index (χ1) is 13.4. The van der Waals surface area contributed by atoms with Crippen molar-refractivity contribution in [1.82, 2.24) is 0 Å². The highest BCUT2D eigenvalue weighted by Gasteiger charge is 2.20. The lowest BCUT2D eigenvalue weighted by atomic mass is 10.1. The van der Waals surface area contributed by atoms with Gasteiger partial charge in [0.15, 0.2) is 0 Å². The van der Waals surface area contributed by atoms with E-state index in [1.165, 1.54) is 18.2 Å². The number of nitrogens with one attached hydrogen (secondary N) is 1. The number of fused-ring (bicyclic) bond motifs is 1. The van der Waals surface area contributed by atoms with Crippen LogP contribution in [0.15, 0.2) is 58.3 Å². The molecule has 3 aromatic rings. The molecule has 0 radical (unpaired) electrons. The van der Waals surface area contributed by atoms with Crippen molar-refractivity contribution in [3.63, 3.8) is 0 Å². The third kappa shape index (κ3) is 4.27. The fourth-order valence-electron chi connectivity index (χ4n) is 2.62. The number of benzene rings is 3. The van der Waals surface area contributed by atoms with E-state index in [0.717, 1.165) is 24.3 Å². The van der Waals surface area contributed by atoms with E-state index in [2.05, 4.69) is 5.32 Å².